The van der Waals surface area contributed by atoms with Crippen molar-refractivity contribution in [1.82, 2.24) is 4.90 Å². The number of imide groups is 1. The van der Waals surface area contributed by atoms with E-state index in [0.717, 1.165) is 11.0 Å². The number of aliphatic hydroxyl groups is 1. The zero-order chi connectivity index (χ0) is 17.0. The van der Waals surface area contributed by atoms with Gasteiger partial charge in [-0.3, -0.25) is 14.5 Å². The number of methoxy groups -OCH3 is 2. The van der Waals surface area contributed by atoms with E-state index in [1.807, 2.05) is 0 Å². The first-order chi connectivity index (χ1) is 11.0. The van der Waals surface area contributed by atoms with Gasteiger partial charge >= 0.3 is 0 Å². The summed E-state index contributed by atoms with van der Waals surface area (Å²) in [5.74, 6) is -1.83. The molecule has 1 aromatic carbocycles. The first kappa shape index (κ1) is 17.1. The highest BCUT2D eigenvalue weighted by Gasteiger charge is 2.31. The lowest BCUT2D eigenvalue weighted by Crippen LogP contribution is -2.34. The predicted molar refractivity (Wildman–Crippen MR) is 78.7 cm³/mol. The van der Waals surface area contributed by atoms with Gasteiger partial charge in [-0.25, -0.2) is 4.39 Å². The van der Waals surface area contributed by atoms with Crippen LogP contribution in [0.15, 0.2) is 30.0 Å². The van der Waals surface area contributed by atoms with Crippen molar-refractivity contribution in [2.24, 2.45) is 0 Å². The van der Waals surface area contributed by atoms with Gasteiger partial charge in [-0.1, -0.05) is 12.1 Å². The van der Waals surface area contributed by atoms with Crippen molar-refractivity contribution in [1.29, 1.82) is 0 Å². The summed E-state index contributed by atoms with van der Waals surface area (Å²) in [6.07, 6.45) is 0.173. The number of rotatable bonds is 7. The molecule has 1 aliphatic rings. The third-order valence-electron chi connectivity index (χ3n) is 3.31. The molecule has 124 valence electrons. The molecule has 0 spiro atoms. The summed E-state index contributed by atoms with van der Waals surface area (Å²) in [5, 5.41) is 11.5. The largest absolute Gasteiger partial charge is 0.395 e. The van der Waals surface area contributed by atoms with Crippen molar-refractivity contribution in [3.63, 3.8) is 0 Å². The molecule has 0 atom stereocenters. The lowest BCUT2D eigenvalue weighted by molar-refractivity contribution is -0.137. The number of amides is 2. The van der Waals surface area contributed by atoms with Crippen molar-refractivity contribution in [2.45, 2.75) is 6.29 Å². The third kappa shape index (κ3) is 3.39. The Hall–Kier alpha value is -2.29. The maximum atomic E-state index is 14.5. The van der Waals surface area contributed by atoms with E-state index >= 15 is 0 Å². The number of carbonyl (C=O) groups is 2. The summed E-state index contributed by atoms with van der Waals surface area (Å²) in [5.41, 5.74) is 0.107. The smallest absolute Gasteiger partial charge is 0.277 e. The number of aliphatic hydroxyl groups excluding tert-OH is 1. The number of ether oxygens (including phenoxy) is 2. The second-order valence-electron chi connectivity index (χ2n) is 4.71. The van der Waals surface area contributed by atoms with Crippen LogP contribution < -0.4 is 5.32 Å². The molecule has 0 bridgehead atoms. The van der Waals surface area contributed by atoms with Crippen LogP contribution in [-0.4, -0.2) is 49.2 Å². The number of hydrogen-bond donors (Lipinski definition) is 2. The van der Waals surface area contributed by atoms with Crippen LogP contribution in [0.25, 0.3) is 0 Å². The summed E-state index contributed by atoms with van der Waals surface area (Å²) < 4.78 is 24.6. The lowest BCUT2D eigenvalue weighted by Gasteiger charge is -2.17. The molecular weight excluding hydrogens is 307 g/mol. The summed E-state index contributed by atoms with van der Waals surface area (Å²) in [6, 6.07) is 4.49. The van der Waals surface area contributed by atoms with Crippen LogP contribution >= 0.6 is 0 Å². The number of halogens is 1. The fourth-order valence-electron chi connectivity index (χ4n) is 2.23. The molecule has 0 aliphatic carbocycles. The van der Waals surface area contributed by atoms with Crippen LogP contribution in [0.2, 0.25) is 0 Å². The van der Waals surface area contributed by atoms with Crippen molar-refractivity contribution in [3.05, 3.63) is 41.4 Å². The van der Waals surface area contributed by atoms with E-state index < -0.39 is 23.9 Å². The van der Waals surface area contributed by atoms with Crippen molar-refractivity contribution < 1.29 is 28.6 Å². The number of anilines is 1. The average molecular weight is 324 g/mol. The Morgan fingerprint density at radius 2 is 2.00 bits per heavy atom. The van der Waals surface area contributed by atoms with Gasteiger partial charge in [0.05, 0.1) is 18.8 Å². The third-order valence-corrected chi connectivity index (χ3v) is 3.31. The quantitative estimate of drug-likeness (QED) is 0.569. The Bertz CT molecular complexity index is 643. The normalized spacial score (nSPS) is 14.7. The highest BCUT2D eigenvalue weighted by Crippen LogP contribution is 2.27. The molecule has 0 unspecified atom stereocenters. The summed E-state index contributed by atoms with van der Waals surface area (Å²) in [4.78, 5) is 24.6. The topological polar surface area (TPSA) is 88.1 Å². The van der Waals surface area contributed by atoms with E-state index in [1.54, 1.807) is 6.07 Å². The molecule has 8 heteroatoms. The molecule has 0 radical (unpaired) electrons. The van der Waals surface area contributed by atoms with E-state index in [2.05, 4.69) is 5.32 Å². The highest BCUT2D eigenvalue weighted by molar-refractivity contribution is 6.17. The summed E-state index contributed by atoms with van der Waals surface area (Å²) >= 11 is 0. The minimum Gasteiger partial charge on any atom is -0.395 e. The minimum absolute atomic E-state index is 0.0137. The standard InChI is InChI=1S/C15H17FN2O5/c1-22-15(23-2)9-4-3-5-10(13(9)16)17-11-8-12(20)18(6-7-19)14(11)21/h3-5,8,15,17,19H,6-7H2,1-2H3. The first-order valence-corrected chi connectivity index (χ1v) is 6.82. The van der Waals surface area contributed by atoms with Crippen molar-refractivity contribution in [2.75, 3.05) is 32.7 Å². The molecule has 1 heterocycles. The van der Waals surface area contributed by atoms with Gasteiger partial charge in [-0.05, 0) is 6.07 Å². The Morgan fingerprint density at radius 1 is 1.30 bits per heavy atom. The Kier molecular flexibility index (Phi) is 5.43. The SMILES string of the molecule is COC(OC)c1cccc(NC2=CC(=O)N(CCO)C2=O)c1F. The maximum absolute atomic E-state index is 14.5. The minimum atomic E-state index is -0.891. The van der Waals surface area contributed by atoms with Crippen LogP contribution in [-0.2, 0) is 19.1 Å². The number of nitrogens with zero attached hydrogens (tertiary/aromatic N) is 1. The molecule has 2 N–H and O–H groups in total. The molecule has 0 saturated heterocycles. The molecule has 0 aromatic heterocycles. The van der Waals surface area contributed by atoms with E-state index in [1.165, 1.54) is 26.4 Å². The number of hydrogen-bond acceptors (Lipinski definition) is 6. The molecule has 2 rings (SSSR count). The van der Waals surface area contributed by atoms with E-state index in [-0.39, 0.29) is 30.1 Å². The van der Waals surface area contributed by atoms with Crippen LogP contribution in [0.1, 0.15) is 11.9 Å². The molecule has 7 nitrogen and oxygen atoms in total. The second-order valence-corrected chi connectivity index (χ2v) is 4.71. The summed E-state index contributed by atoms with van der Waals surface area (Å²) in [7, 11) is 2.75. The Morgan fingerprint density at radius 3 is 2.61 bits per heavy atom. The van der Waals surface area contributed by atoms with Gasteiger partial charge in [0, 0.05) is 25.9 Å². The molecule has 23 heavy (non-hydrogen) atoms. The molecule has 2 amide bonds. The van der Waals surface area contributed by atoms with Crippen molar-refractivity contribution >= 4 is 17.5 Å². The van der Waals surface area contributed by atoms with E-state index in [4.69, 9.17) is 14.6 Å². The number of β-amino-alcohol motifs (C(OH)–C–C–N with tert-alkyl or cyclic N) is 1. The molecular formula is C15H17FN2O5. The van der Waals surface area contributed by atoms with Gasteiger partial charge in [-0.2, -0.15) is 0 Å². The number of carbonyl (C=O) groups excluding carboxylic acids is 2. The average Bonchev–Trinajstić information content (AvgIpc) is 2.80. The Balaban J connectivity index is 2.25. The van der Waals surface area contributed by atoms with Crippen LogP contribution in [0.3, 0.4) is 0 Å². The second kappa shape index (κ2) is 7.32. The van der Waals surface area contributed by atoms with Crippen LogP contribution in [0.4, 0.5) is 10.1 Å². The first-order valence-electron chi connectivity index (χ1n) is 6.82. The fourth-order valence-corrected chi connectivity index (χ4v) is 2.23. The van der Waals surface area contributed by atoms with Gasteiger partial charge < -0.3 is 19.9 Å². The molecule has 1 aliphatic heterocycles. The van der Waals surface area contributed by atoms with Crippen LogP contribution in [0, 0.1) is 5.82 Å². The highest BCUT2D eigenvalue weighted by atomic mass is 19.1. The number of nitrogens with one attached hydrogen (secondary N) is 1. The van der Waals surface area contributed by atoms with Gasteiger partial charge in [0.25, 0.3) is 11.8 Å². The predicted octanol–water partition coefficient (Wildman–Crippen LogP) is 0.774. The van der Waals surface area contributed by atoms with Crippen molar-refractivity contribution in [3.8, 4) is 0 Å². The van der Waals surface area contributed by atoms with Gasteiger partial charge in [0.1, 0.15) is 5.70 Å². The lowest BCUT2D eigenvalue weighted by atomic mass is 10.1. The Labute approximate surface area is 132 Å². The van der Waals surface area contributed by atoms with Gasteiger partial charge in [0.15, 0.2) is 12.1 Å². The number of benzene rings is 1. The van der Waals surface area contributed by atoms with Gasteiger partial charge in [0.2, 0.25) is 0 Å². The molecule has 0 fully saturated rings. The molecule has 0 saturated carbocycles. The van der Waals surface area contributed by atoms with E-state index in [0.29, 0.717) is 0 Å². The molecule has 1 aromatic rings. The van der Waals surface area contributed by atoms with Gasteiger partial charge in [-0.15, -0.1) is 0 Å². The monoisotopic (exact) mass is 324 g/mol. The zero-order valence-corrected chi connectivity index (χ0v) is 12.7. The maximum Gasteiger partial charge on any atom is 0.277 e. The summed E-state index contributed by atoms with van der Waals surface area (Å²) in [6.45, 7) is -0.455. The fraction of sp³-hybridized carbons (Fsp3) is 0.333. The zero-order valence-electron chi connectivity index (χ0n) is 12.7. The van der Waals surface area contributed by atoms with Crippen LogP contribution in [0.5, 0.6) is 0 Å². The van der Waals surface area contributed by atoms with E-state index in [9.17, 15) is 14.0 Å².